The van der Waals surface area contributed by atoms with Crippen LogP contribution in [0.5, 0.6) is 0 Å². The van der Waals surface area contributed by atoms with E-state index in [-0.39, 0.29) is 0 Å². The third-order valence-corrected chi connectivity index (χ3v) is 2.84. The van der Waals surface area contributed by atoms with Crippen LogP contribution < -0.4 is 0 Å². The average molecular weight is 202 g/mol. The van der Waals surface area contributed by atoms with E-state index in [2.05, 4.69) is 6.07 Å². The maximum Gasteiger partial charge on any atom is 0.222 e. The second kappa shape index (κ2) is 4.96. The van der Waals surface area contributed by atoms with Gasteiger partial charge in [0.25, 0.3) is 0 Å². The van der Waals surface area contributed by atoms with Gasteiger partial charge in [0.1, 0.15) is 0 Å². The molecule has 1 aliphatic heterocycles. The standard InChI is InChI=1S/C13H16NO/c15-13(14-10-4-5-11-14)9-8-12-6-2-1-3-7-12/h1-3,6H,4-5,8-11H2. The number of likely N-dealkylation sites (tertiary alicyclic amines) is 1. The van der Waals surface area contributed by atoms with E-state index < -0.39 is 0 Å². The van der Waals surface area contributed by atoms with Crippen molar-refractivity contribution in [3.8, 4) is 0 Å². The lowest BCUT2D eigenvalue weighted by Gasteiger charge is -2.14. The highest BCUT2D eigenvalue weighted by Gasteiger charge is 2.16. The normalized spacial score (nSPS) is 15.6. The number of aryl methyl sites for hydroxylation is 1. The zero-order chi connectivity index (χ0) is 10.5. The van der Waals surface area contributed by atoms with Crippen LogP contribution in [0.15, 0.2) is 24.3 Å². The van der Waals surface area contributed by atoms with Gasteiger partial charge in [-0.1, -0.05) is 24.3 Å². The number of hydrogen-bond donors (Lipinski definition) is 0. The number of nitrogens with zero attached hydrogens (tertiary/aromatic N) is 1. The molecule has 1 aliphatic rings. The minimum Gasteiger partial charge on any atom is -0.343 e. The molecule has 1 aromatic carbocycles. The molecule has 2 nitrogen and oxygen atoms in total. The Hall–Kier alpha value is -1.31. The molecule has 1 heterocycles. The summed E-state index contributed by atoms with van der Waals surface area (Å²) in [5.74, 6) is 0.296. The van der Waals surface area contributed by atoms with E-state index in [0.717, 1.165) is 25.1 Å². The van der Waals surface area contributed by atoms with Crippen molar-refractivity contribution in [1.82, 2.24) is 4.90 Å². The fourth-order valence-corrected chi connectivity index (χ4v) is 1.95. The Balaban J connectivity index is 1.80. The zero-order valence-corrected chi connectivity index (χ0v) is 8.91. The first-order valence-corrected chi connectivity index (χ1v) is 5.59. The largest absolute Gasteiger partial charge is 0.343 e. The summed E-state index contributed by atoms with van der Waals surface area (Å²) in [7, 11) is 0. The summed E-state index contributed by atoms with van der Waals surface area (Å²) >= 11 is 0. The third-order valence-electron chi connectivity index (χ3n) is 2.84. The van der Waals surface area contributed by atoms with Gasteiger partial charge in [0.2, 0.25) is 5.91 Å². The highest BCUT2D eigenvalue weighted by Crippen LogP contribution is 2.10. The molecule has 1 amide bonds. The van der Waals surface area contributed by atoms with Crippen molar-refractivity contribution in [3.05, 3.63) is 35.9 Å². The highest BCUT2D eigenvalue weighted by molar-refractivity contribution is 5.76. The van der Waals surface area contributed by atoms with Crippen LogP contribution in [0.1, 0.15) is 24.8 Å². The first kappa shape index (κ1) is 10.2. The van der Waals surface area contributed by atoms with Gasteiger partial charge in [-0.05, 0) is 30.9 Å². The van der Waals surface area contributed by atoms with Gasteiger partial charge in [-0.25, -0.2) is 0 Å². The second-order valence-electron chi connectivity index (χ2n) is 3.98. The van der Waals surface area contributed by atoms with Gasteiger partial charge in [0.15, 0.2) is 0 Å². The van der Waals surface area contributed by atoms with E-state index in [4.69, 9.17) is 0 Å². The van der Waals surface area contributed by atoms with E-state index in [0.29, 0.717) is 12.3 Å². The molecule has 0 spiro atoms. The van der Waals surface area contributed by atoms with Crippen LogP contribution in [0, 0.1) is 6.07 Å². The van der Waals surface area contributed by atoms with E-state index in [1.54, 1.807) is 0 Å². The molecular weight excluding hydrogens is 186 g/mol. The van der Waals surface area contributed by atoms with Crippen molar-refractivity contribution in [2.45, 2.75) is 25.7 Å². The topological polar surface area (TPSA) is 20.3 Å². The van der Waals surface area contributed by atoms with Crippen LogP contribution in [0.2, 0.25) is 0 Å². The first-order valence-electron chi connectivity index (χ1n) is 5.59. The summed E-state index contributed by atoms with van der Waals surface area (Å²) in [6, 6.07) is 11.0. The Bertz CT molecular complexity index is 315. The molecule has 15 heavy (non-hydrogen) atoms. The van der Waals surface area contributed by atoms with E-state index in [9.17, 15) is 4.79 Å². The molecule has 1 fully saturated rings. The number of benzene rings is 1. The molecule has 0 bridgehead atoms. The van der Waals surface area contributed by atoms with E-state index in [1.165, 1.54) is 12.8 Å². The quantitative estimate of drug-likeness (QED) is 0.734. The fourth-order valence-electron chi connectivity index (χ4n) is 1.95. The van der Waals surface area contributed by atoms with Gasteiger partial charge >= 0.3 is 0 Å². The Morgan fingerprint density at radius 1 is 1.33 bits per heavy atom. The monoisotopic (exact) mass is 202 g/mol. The maximum atomic E-state index is 11.7. The molecule has 1 saturated heterocycles. The zero-order valence-electron chi connectivity index (χ0n) is 8.91. The Morgan fingerprint density at radius 2 is 2.13 bits per heavy atom. The SMILES string of the molecule is O=C(CCc1[c]cccc1)N1CCCC1. The Morgan fingerprint density at radius 3 is 2.80 bits per heavy atom. The molecule has 0 unspecified atom stereocenters. The van der Waals surface area contributed by atoms with Crippen molar-refractivity contribution in [2.24, 2.45) is 0 Å². The minimum absolute atomic E-state index is 0.296. The molecular formula is C13H16NO. The molecule has 1 radical (unpaired) electrons. The van der Waals surface area contributed by atoms with Crippen LogP contribution in [-0.2, 0) is 11.2 Å². The summed E-state index contributed by atoms with van der Waals surface area (Å²) in [4.78, 5) is 13.7. The second-order valence-corrected chi connectivity index (χ2v) is 3.98. The first-order chi connectivity index (χ1) is 7.36. The van der Waals surface area contributed by atoms with Crippen LogP contribution in [0.25, 0.3) is 0 Å². The van der Waals surface area contributed by atoms with Crippen molar-refractivity contribution in [1.29, 1.82) is 0 Å². The van der Waals surface area contributed by atoms with Crippen molar-refractivity contribution in [3.63, 3.8) is 0 Å². The molecule has 2 heteroatoms. The number of rotatable bonds is 3. The van der Waals surface area contributed by atoms with Crippen molar-refractivity contribution in [2.75, 3.05) is 13.1 Å². The molecule has 0 aromatic heterocycles. The number of carbonyl (C=O) groups excluding carboxylic acids is 1. The summed E-state index contributed by atoms with van der Waals surface area (Å²) in [6.45, 7) is 1.91. The molecule has 2 rings (SSSR count). The molecule has 1 aromatic rings. The van der Waals surface area contributed by atoms with E-state index >= 15 is 0 Å². The molecule has 0 saturated carbocycles. The van der Waals surface area contributed by atoms with Gasteiger partial charge in [-0.15, -0.1) is 0 Å². The van der Waals surface area contributed by atoms with Gasteiger partial charge in [0, 0.05) is 19.5 Å². The van der Waals surface area contributed by atoms with Gasteiger partial charge < -0.3 is 4.90 Å². The van der Waals surface area contributed by atoms with E-state index in [1.807, 2.05) is 29.2 Å². The Kier molecular flexibility index (Phi) is 3.38. The number of hydrogen-bond acceptors (Lipinski definition) is 1. The van der Waals surface area contributed by atoms with Crippen molar-refractivity contribution < 1.29 is 4.79 Å². The lowest BCUT2D eigenvalue weighted by Crippen LogP contribution is -2.27. The van der Waals surface area contributed by atoms with Crippen LogP contribution in [0.4, 0.5) is 0 Å². The smallest absolute Gasteiger partial charge is 0.222 e. The number of amides is 1. The summed E-state index contributed by atoms with van der Waals surface area (Å²) in [5, 5.41) is 0. The molecule has 0 N–H and O–H groups in total. The third kappa shape index (κ3) is 2.82. The number of carbonyl (C=O) groups is 1. The highest BCUT2D eigenvalue weighted by atomic mass is 16.2. The van der Waals surface area contributed by atoms with Crippen molar-refractivity contribution >= 4 is 5.91 Å². The Labute approximate surface area is 90.9 Å². The van der Waals surface area contributed by atoms with Gasteiger partial charge in [0.05, 0.1) is 0 Å². The fraction of sp³-hybridized carbons (Fsp3) is 0.462. The summed E-state index contributed by atoms with van der Waals surface area (Å²) in [6.07, 6.45) is 3.78. The minimum atomic E-state index is 0.296. The molecule has 79 valence electrons. The lowest BCUT2D eigenvalue weighted by molar-refractivity contribution is -0.130. The van der Waals surface area contributed by atoms with Crippen LogP contribution >= 0.6 is 0 Å². The summed E-state index contributed by atoms with van der Waals surface area (Å²) in [5.41, 5.74) is 1.13. The van der Waals surface area contributed by atoms with Crippen LogP contribution in [0.3, 0.4) is 0 Å². The molecule has 0 aliphatic carbocycles. The van der Waals surface area contributed by atoms with Gasteiger partial charge in [-0.2, -0.15) is 0 Å². The predicted molar refractivity (Wildman–Crippen MR) is 59.4 cm³/mol. The van der Waals surface area contributed by atoms with Gasteiger partial charge in [-0.3, -0.25) is 4.79 Å². The van der Waals surface area contributed by atoms with Crippen LogP contribution in [-0.4, -0.2) is 23.9 Å². The lowest BCUT2D eigenvalue weighted by atomic mass is 10.1. The summed E-state index contributed by atoms with van der Waals surface area (Å²) < 4.78 is 0. The molecule has 0 atom stereocenters. The maximum absolute atomic E-state index is 11.7. The predicted octanol–water partition coefficient (Wildman–Crippen LogP) is 2.04. The average Bonchev–Trinajstić information content (AvgIpc) is 2.81.